The molecule has 1 aromatic rings. The maximum absolute atomic E-state index is 6.56. The van der Waals surface area contributed by atoms with Crippen molar-refractivity contribution in [3.05, 3.63) is 24.0 Å². The molecule has 4 heteroatoms. The van der Waals surface area contributed by atoms with Gasteiger partial charge in [0.05, 0.1) is 0 Å². The first-order valence-corrected chi connectivity index (χ1v) is 7.17. The molecule has 1 saturated carbocycles. The summed E-state index contributed by atoms with van der Waals surface area (Å²) >= 11 is 0. The SMILES string of the molecule is CN(C)C1(C(N)Cc2cnccc2N)CCCCC1. The quantitative estimate of drug-likeness (QED) is 0.868. The number of hydrogen-bond acceptors (Lipinski definition) is 4. The van der Waals surface area contributed by atoms with E-state index in [0.717, 1.165) is 17.7 Å². The minimum atomic E-state index is 0.106. The third kappa shape index (κ3) is 2.90. The second kappa shape index (κ2) is 5.88. The fourth-order valence-electron chi connectivity index (χ4n) is 3.35. The van der Waals surface area contributed by atoms with E-state index in [-0.39, 0.29) is 11.6 Å². The summed E-state index contributed by atoms with van der Waals surface area (Å²) < 4.78 is 0. The highest BCUT2D eigenvalue weighted by Crippen LogP contribution is 2.35. The van der Waals surface area contributed by atoms with Crippen LogP contribution in [0, 0.1) is 0 Å². The average Bonchev–Trinajstić information content (AvgIpc) is 2.42. The van der Waals surface area contributed by atoms with Crippen molar-refractivity contribution in [1.82, 2.24) is 9.88 Å². The number of likely N-dealkylation sites (N-methyl/N-ethyl adjacent to an activating group) is 1. The summed E-state index contributed by atoms with van der Waals surface area (Å²) in [7, 11) is 4.30. The molecule has 0 radical (unpaired) electrons. The lowest BCUT2D eigenvalue weighted by Gasteiger charge is -2.47. The predicted octanol–water partition coefficient (Wildman–Crippen LogP) is 1.80. The van der Waals surface area contributed by atoms with E-state index in [1.165, 1.54) is 32.1 Å². The minimum Gasteiger partial charge on any atom is -0.398 e. The largest absolute Gasteiger partial charge is 0.398 e. The fourth-order valence-corrected chi connectivity index (χ4v) is 3.35. The Morgan fingerprint density at radius 1 is 1.32 bits per heavy atom. The van der Waals surface area contributed by atoms with E-state index < -0.39 is 0 Å². The molecule has 0 amide bonds. The van der Waals surface area contributed by atoms with Gasteiger partial charge in [0, 0.05) is 29.7 Å². The molecule has 1 fully saturated rings. The average molecular weight is 262 g/mol. The summed E-state index contributed by atoms with van der Waals surface area (Å²) in [6.07, 6.45) is 10.6. The molecule has 0 spiro atoms. The number of hydrogen-bond donors (Lipinski definition) is 2. The fraction of sp³-hybridized carbons (Fsp3) is 0.667. The lowest BCUT2D eigenvalue weighted by atomic mass is 9.74. The van der Waals surface area contributed by atoms with Gasteiger partial charge in [0.2, 0.25) is 0 Å². The number of nitrogen functional groups attached to an aromatic ring is 1. The normalized spacial score (nSPS) is 20.4. The van der Waals surface area contributed by atoms with Gasteiger partial charge in [0.25, 0.3) is 0 Å². The Balaban J connectivity index is 2.16. The molecule has 106 valence electrons. The summed E-state index contributed by atoms with van der Waals surface area (Å²) in [5.41, 5.74) is 14.6. The van der Waals surface area contributed by atoms with Gasteiger partial charge in [-0.15, -0.1) is 0 Å². The molecule has 1 unspecified atom stereocenters. The van der Waals surface area contributed by atoms with Crippen LogP contribution < -0.4 is 11.5 Å². The van der Waals surface area contributed by atoms with E-state index in [1.54, 1.807) is 6.20 Å². The molecule has 19 heavy (non-hydrogen) atoms. The zero-order valence-corrected chi connectivity index (χ0v) is 12.1. The molecule has 0 bridgehead atoms. The third-order valence-electron chi connectivity index (χ3n) is 4.68. The van der Waals surface area contributed by atoms with Gasteiger partial charge in [0.1, 0.15) is 0 Å². The molecule has 1 heterocycles. The van der Waals surface area contributed by atoms with Gasteiger partial charge in [0.15, 0.2) is 0 Å². The van der Waals surface area contributed by atoms with Gasteiger partial charge in [-0.25, -0.2) is 0 Å². The molecule has 0 aromatic carbocycles. The molecule has 4 nitrogen and oxygen atoms in total. The Hall–Kier alpha value is -1.13. The minimum absolute atomic E-state index is 0.106. The molecule has 1 atom stereocenters. The number of nitrogens with two attached hydrogens (primary N) is 2. The van der Waals surface area contributed by atoms with Crippen LogP contribution in [0.25, 0.3) is 0 Å². The van der Waals surface area contributed by atoms with Crippen LogP contribution in [0.4, 0.5) is 5.69 Å². The van der Waals surface area contributed by atoms with Crippen LogP contribution in [-0.2, 0) is 6.42 Å². The van der Waals surface area contributed by atoms with Gasteiger partial charge in [-0.2, -0.15) is 0 Å². The first-order chi connectivity index (χ1) is 9.06. The van der Waals surface area contributed by atoms with Crippen molar-refractivity contribution in [3.63, 3.8) is 0 Å². The summed E-state index contributed by atoms with van der Waals surface area (Å²) in [4.78, 5) is 6.48. The van der Waals surface area contributed by atoms with Crippen molar-refractivity contribution in [3.8, 4) is 0 Å². The van der Waals surface area contributed by atoms with Gasteiger partial charge >= 0.3 is 0 Å². The third-order valence-corrected chi connectivity index (χ3v) is 4.68. The Morgan fingerprint density at radius 3 is 2.58 bits per heavy atom. The first-order valence-electron chi connectivity index (χ1n) is 7.17. The van der Waals surface area contributed by atoms with Crippen molar-refractivity contribution < 1.29 is 0 Å². The molecule has 0 aliphatic heterocycles. The van der Waals surface area contributed by atoms with Crippen molar-refractivity contribution >= 4 is 5.69 Å². The van der Waals surface area contributed by atoms with Gasteiger partial charge < -0.3 is 16.4 Å². The van der Waals surface area contributed by atoms with Gasteiger partial charge in [-0.1, -0.05) is 19.3 Å². The molecular weight excluding hydrogens is 236 g/mol. The monoisotopic (exact) mass is 262 g/mol. The first kappa shape index (κ1) is 14.3. The smallest absolute Gasteiger partial charge is 0.0378 e. The van der Waals surface area contributed by atoms with Crippen LogP contribution in [0.1, 0.15) is 37.7 Å². The number of pyridine rings is 1. The molecule has 2 rings (SSSR count). The van der Waals surface area contributed by atoms with Crippen LogP contribution in [0.15, 0.2) is 18.5 Å². The second-order valence-electron chi connectivity index (χ2n) is 5.94. The van der Waals surface area contributed by atoms with Crippen LogP contribution in [0.5, 0.6) is 0 Å². The summed E-state index contributed by atoms with van der Waals surface area (Å²) in [5, 5.41) is 0. The van der Waals surface area contributed by atoms with E-state index in [2.05, 4.69) is 24.0 Å². The Bertz CT molecular complexity index is 410. The molecule has 0 saturated heterocycles. The summed E-state index contributed by atoms with van der Waals surface area (Å²) in [5.74, 6) is 0. The zero-order chi connectivity index (χ0) is 13.9. The van der Waals surface area contributed by atoms with E-state index in [4.69, 9.17) is 11.5 Å². The maximum Gasteiger partial charge on any atom is 0.0378 e. The Kier molecular flexibility index (Phi) is 4.42. The van der Waals surface area contributed by atoms with Crippen molar-refractivity contribution in [1.29, 1.82) is 0 Å². The summed E-state index contributed by atoms with van der Waals surface area (Å²) in [6.45, 7) is 0. The zero-order valence-electron chi connectivity index (χ0n) is 12.1. The molecule has 1 aliphatic rings. The van der Waals surface area contributed by atoms with Gasteiger partial charge in [-0.3, -0.25) is 4.98 Å². The highest BCUT2D eigenvalue weighted by atomic mass is 15.2. The van der Waals surface area contributed by atoms with Crippen molar-refractivity contribution in [2.75, 3.05) is 19.8 Å². The molecule has 4 N–H and O–H groups in total. The Morgan fingerprint density at radius 2 is 2.00 bits per heavy atom. The van der Waals surface area contributed by atoms with E-state index >= 15 is 0 Å². The number of aromatic nitrogens is 1. The second-order valence-corrected chi connectivity index (χ2v) is 5.94. The van der Waals surface area contributed by atoms with Crippen molar-refractivity contribution in [2.45, 2.75) is 50.1 Å². The lowest BCUT2D eigenvalue weighted by Crippen LogP contribution is -2.59. The van der Waals surface area contributed by atoms with Crippen LogP contribution >= 0.6 is 0 Å². The maximum atomic E-state index is 6.56. The van der Waals surface area contributed by atoms with Crippen LogP contribution in [0.3, 0.4) is 0 Å². The van der Waals surface area contributed by atoms with E-state index in [0.29, 0.717) is 0 Å². The topological polar surface area (TPSA) is 68.2 Å². The van der Waals surface area contributed by atoms with Crippen LogP contribution in [0.2, 0.25) is 0 Å². The molecule has 1 aromatic heterocycles. The number of nitrogens with zero attached hydrogens (tertiary/aromatic N) is 2. The number of rotatable bonds is 4. The molecular formula is C15H26N4. The van der Waals surface area contributed by atoms with E-state index in [1.807, 2.05) is 12.3 Å². The van der Waals surface area contributed by atoms with Crippen LogP contribution in [-0.4, -0.2) is 35.6 Å². The van der Waals surface area contributed by atoms with E-state index in [9.17, 15) is 0 Å². The standard InChI is InChI=1S/C15H26N4/c1-19(2)15(7-4-3-5-8-15)14(17)10-12-11-18-9-6-13(12)16/h6,9,11,14H,3-5,7-8,10,17H2,1-2H3,(H2,16,18). The lowest BCUT2D eigenvalue weighted by molar-refractivity contribution is 0.0716. The Labute approximate surface area is 116 Å². The number of anilines is 1. The highest BCUT2D eigenvalue weighted by molar-refractivity contribution is 5.44. The van der Waals surface area contributed by atoms with Gasteiger partial charge in [-0.05, 0) is 45.0 Å². The highest BCUT2D eigenvalue weighted by Gasteiger charge is 2.39. The summed E-state index contributed by atoms with van der Waals surface area (Å²) in [6, 6.07) is 1.96. The van der Waals surface area contributed by atoms with Crippen molar-refractivity contribution in [2.24, 2.45) is 5.73 Å². The predicted molar refractivity (Wildman–Crippen MR) is 79.8 cm³/mol. The molecule has 1 aliphatic carbocycles.